The van der Waals surface area contributed by atoms with Crippen LogP contribution >= 0.6 is 0 Å². The van der Waals surface area contributed by atoms with Crippen LogP contribution in [-0.2, 0) is 6.18 Å². The van der Waals surface area contributed by atoms with Gasteiger partial charge in [-0.25, -0.2) is 13.8 Å². The standard InChI is InChI=1S/C21H22F5N3O.2C2H6.H2/c1-13-5-3-6-15(11-13)27-19(30)17-14(2)12-16(21(24,25)26)28-18(17)29-9-4-7-20(22,23)8-10-29;2*1-2;/h3,5-6,11-12H,4,7-10H2,1-2H3,(H,27,30);2*1-2H3;1H. The maximum Gasteiger partial charge on any atom is 0.433 e. The first-order valence-corrected chi connectivity index (χ1v) is 11.6. The zero-order valence-corrected chi connectivity index (χ0v) is 20.6. The zero-order chi connectivity index (χ0) is 26.1. The molecule has 34 heavy (non-hydrogen) atoms. The Balaban J connectivity index is 0.00000220. The predicted molar refractivity (Wildman–Crippen MR) is 129 cm³/mol. The minimum Gasteiger partial charge on any atom is -0.356 e. The van der Waals surface area contributed by atoms with E-state index in [1.807, 2.05) is 40.7 Å². The Kier molecular flexibility index (Phi) is 10.9. The van der Waals surface area contributed by atoms with Crippen molar-refractivity contribution in [2.24, 2.45) is 0 Å². The number of benzene rings is 1. The number of nitrogens with one attached hydrogen (secondary N) is 1. The van der Waals surface area contributed by atoms with Gasteiger partial charge in [0.25, 0.3) is 5.91 Å². The molecule has 0 spiro atoms. The average Bonchev–Trinajstić information content (AvgIpc) is 2.95. The minimum absolute atomic E-state index is 0. The summed E-state index contributed by atoms with van der Waals surface area (Å²) in [4.78, 5) is 18.0. The molecular formula is C25H36F5N3O. The number of nitrogens with zero attached hydrogens (tertiary/aromatic N) is 2. The topological polar surface area (TPSA) is 45.2 Å². The number of rotatable bonds is 3. The fourth-order valence-electron chi connectivity index (χ4n) is 3.50. The second-order valence-electron chi connectivity index (χ2n) is 7.54. The van der Waals surface area contributed by atoms with E-state index < -0.39 is 30.1 Å². The smallest absolute Gasteiger partial charge is 0.356 e. The molecule has 2 heterocycles. The second kappa shape index (κ2) is 12.7. The second-order valence-corrected chi connectivity index (χ2v) is 7.54. The van der Waals surface area contributed by atoms with Crippen LogP contribution in [0.3, 0.4) is 0 Å². The van der Waals surface area contributed by atoms with Crippen molar-refractivity contribution in [3.05, 3.63) is 52.7 Å². The fourth-order valence-corrected chi connectivity index (χ4v) is 3.50. The Morgan fingerprint density at radius 3 is 2.29 bits per heavy atom. The van der Waals surface area contributed by atoms with Gasteiger partial charge in [0, 0.05) is 33.0 Å². The molecule has 0 aliphatic carbocycles. The van der Waals surface area contributed by atoms with Gasteiger partial charge in [-0.05, 0) is 49.6 Å². The maximum atomic E-state index is 13.8. The summed E-state index contributed by atoms with van der Waals surface area (Å²) in [5, 5.41) is 2.67. The van der Waals surface area contributed by atoms with E-state index in [2.05, 4.69) is 10.3 Å². The SMILES string of the molecule is CC.CC.Cc1cccc(NC(=O)c2c(C)cc(C(F)(F)F)nc2N2CCCC(F)(F)CC2)c1.[HH]. The van der Waals surface area contributed by atoms with Crippen molar-refractivity contribution in [3.63, 3.8) is 0 Å². The summed E-state index contributed by atoms with van der Waals surface area (Å²) in [5.41, 5.74) is 0.249. The molecule has 4 nitrogen and oxygen atoms in total. The number of carbonyl (C=O) groups excluding carboxylic acids is 1. The van der Waals surface area contributed by atoms with Crippen molar-refractivity contribution < 1.29 is 28.2 Å². The van der Waals surface area contributed by atoms with Crippen LogP contribution in [0.25, 0.3) is 0 Å². The zero-order valence-electron chi connectivity index (χ0n) is 20.6. The van der Waals surface area contributed by atoms with Gasteiger partial charge in [0.2, 0.25) is 5.92 Å². The molecule has 192 valence electrons. The van der Waals surface area contributed by atoms with E-state index >= 15 is 0 Å². The third-order valence-corrected chi connectivity index (χ3v) is 5.01. The Hall–Kier alpha value is -2.71. The Bertz CT molecular complexity index is 951. The summed E-state index contributed by atoms with van der Waals surface area (Å²) in [7, 11) is 0. The van der Waals surface area contributed by atoms with Crippen LogP contribution in [0, 0.1) is 13.8 Å². The molecule has 1 fully saturated rings. The minimum atomic E-state index is -4.72. The van der Waals surface area contributed by atoms with Gasteiger partial charge in [0.1, 0.15) is 11.5 Å². The van der Waals surface area contributed by atoms with Gasteiger partial charge in [-0.3, -0.25) is 4.79 Å². The van der Waals surface area contributed by atoms with Crippen LogP contribution < -0.4 is 10.2 Å². The van der Waals surface area contributed by atoms with Crippen LogP contribution in [0.4, 0.5) is 33.5 Å². The molecule has 1 aromatic carbocycles. The van der Waals surface area contributed by atoms with Crippen LogP contribution in [0.5, 0.6) is 0 Å². The fraction of sp³-hybridized carbons (Fsp3) is 0.520. The predicted octanol–water partition coefficient (Wildman–Crippen LogP) is 7.89. The van der Waals surface area contributed by atoms with Gasteiger partial charge in [0.15, 0.2) is 0 Å². The summed E-state index contributed by atoms with van der Waals surface area (Å²) in [6, 6.07) is 7.76. The van der Waals surface area contributed by atoms with Gasteiger partial charge in [-0.2, -0.15) is 13.2 Å². The molecule has 1 aliphatic rings. The van der Waals surface area contributed by atoms with E-state index in [0.29, 0.717) is 5.69 Å². The van der Waals surface area contributed by atoms with Crippen LogP contribution in [0.1, 0.15) is 75.6 Å². The molecule has 3 rings (SSSR count). The average molecular weight is 490 g/mol. The summed E-state index contributed by atoms with van der Waals surface area (Å²) in [5.74, 6) is -3.74. The number of anilines is 2. The molecule has 1 N–H and O–H groups in total. The van der Waals surface area contributed by atoms with E-state index in [1.165, 1.54) is 11.8 Å². The third-order valence-electron chi connectivity index (χ3n) is 5.01. The molecule has 1 aromatic heterocycles. The number of carbonyl (C=O) groups is 1. The molecule has 1 aliphatic heterocycles. The molecule has 0 atom stereocenters. The molecule has 1 saturated heterocycles. The largest absolute Gasteiger partial charge is 0.433 e. The highest BCUT2D eigenvalue weighted by atomic mass is 19.4. The van der Waals surface area contributed by atoms with E-state index in [-0.39, 0.29) is 44.3 Å². The summed E-state index contributed by atoms with van der Waals surface area (Å²) < 4.78 is 67.6. The lowest BCUT2D eigenvalue weighted by Crippen LogP contribution is -2.31. The first kappa shape index (κ1) is 29.3. The number of aryl methyl sites for hydroxylation is 2. The Morgan fingerprint density at radius 2 is 1.71 bits per heavy atom. The van der Waals surface area contributed by atoms with Crippen LogP contribution in [0.2, 0.25) is 0 Å². The van der Waals surface area contributed by atoms with Gasteiger partial charge >= 0.3 is 6.18 Å². The molecule has 2 aromatic rings. The van der Waals surface area contributed by atoms with Gasteiger partial charge in [0.05, 0.1) is 5.56 Å². The number of alkyl halides is 5. The van der Waals surface area contributed by atoms with Crippen LogP contribution in [0.15, 0.2) is 30.3 Å². The lowest BCUT2D eigenvalue weighted by Gasteiger charge is -2.26. The molecule has 1 amide bonds. The van der Waals surface area contributed by atoms with Crippen molar-refractivity contribution in [1.82, 2.24) is 4.98 Å². The highest BCUT2D eigenvalue weighted by Gasteiger charge is 2.37. The highest BCUT2D eigenvalue weighted by molar-refractivity contribution is 6.08. The Morgan fingerprint density at radius 1 is 1.06 bits per heavy atom. The van der Waals surface area contributed by atoms with Crippen LogP contribution in [-0.4, -0.2) is 29.9 Å². The molecule has 9 heteroatoms. The third kappa shape index (κ3) is 7.95. The van der Waals surface area contributed by atoms with E-state index in [9.17, 15) is 26.7 Å². The van der Waals surface area contributed by atoms with Gasteiger partial charge < -0.3 is 10.2 Å². The quantitative estimate of drug-likeness (QED) is 0.446. The lowest BCUT2D eigenvalue weighted by molar-refractivity contribution is -0.141. The lowest BCUT2D eigenvalue weighted by atomic mass is 10.1. The van der Waals surface area contributed by atoms with Gasteiger partial charge in [-0.1, -0.05) is 39.8 Å². The molecular weight excluding hydrogens is 453 g/mol. The van der Waals surface area contributed by atoms with Gasteiger partial charge in [-0.15, -0.1) is 0 Å². The number of halogens is 5. The first-order valence-electron chi connectivity index (χ1n) is 11.6. The molecule has 0 radical (unpaired) electrons. The highest BCUT2D eigenvalue weighted by Crippen LogP contribution is 2.35. The van der Waals surface area contributed by atoms with Crippen molar-refractivity contribution in [3.8, 4) is 0 Å². The summed E-state index contributed by atoms with van der Waals surface area (Å²) in [6.45, 7) is 11.1. The number of hydrogen-bond donors (Lipinski definition) is 1. The molecule has 0 unspecified atom stereocenters. The first-order chi connectivity index (χ1) is 16.0. The van der Waals surface area contributed by atoms with E-state index in [0.717, 1.165) is 11.6 Å². The summed E-state index contributed by atoms with van der Waals surface area (Å²) in [6.07, 6.45) is -5.50. The van der Waals surface area contributed by atoms with E-state index in [4.69, 9.17) is 0 Å². The maximum absolute atomic E-state index is 13.8. The monoisotopic (exact) mass is 489 g/mol. The summed E-state index contributed by atoms with van der Waals surface area (Å²) >= 11 is 0. The molecule has 0 bridgehead atoms. The Labute approximate surface area is 200 Å². The number of amides is 1. The van der Waals surface area contributed by atoms with Crippen molar-refractivity contribution in [2.45, 2.75) is 72.9 Å². The number of aromatic nitrogens is 1. The molecule has 0 saturated carbocycles. The number of hydrogen-bond acceptors (Lipinski definition) is 3. The normalized spacial score (nSPS) is 15.2. The number of pyridine rings is 1. The van der Waals surface area contributed by atoms with Crippen molar-refractivity contribution >= 4 is 17.4 Å². The van der Waals surface area contributed by atoms with E-state index in [1.54, 1.807) is 18.2 Å². The van der Waals surface area contributed by atoms with Crippen molar-refractivity contribution in [1.29, 1.82) is 0 Å². The van der Waals surface area contributed by atoms with Crippen molar-refractivity contribution in [2.75, 3.05) is 23.3 Å².